The van der Waals surface area contributed by atoms with Gasteiger partial charge in [-0.3, -0.25) is 9.59 Å². The number of benzene rings is 1. The molecule has 5 heteroatoms. The van der Waals surface area contributed by atoms with Crippen LogP contribution in [0.25, 0.3) is 0 Å². The zero-order valence-corrected chi connectivity index (χ0v) is 15.3. The van der Waals surface area contributed by atoms with Crippen LogP contribution in [0.2, 0.25) is 0 Å². The number of amides is 1. The summed E-state index contributed by atoms with van der Waals surface area (Å²) in [4.78, 5) is 26.3. The Kier molecular flexibility index (Phi) is 5.86. The van der Waals surface area contributed by atoms with Crippen molar-refractivity contribution in [1.29, 1.82) is 0 Å². The van der Waals surface area contributed by atoms with Crippen LogP contribution in [0.15, 0.2) is 12.1 Å². The number of anilines is 1. The first-order valence-electron chi connectivity index (χ1n) is 8.56. The molecule has 1 amide bonds. The molecule has 1 aromatic rings. The van der Waals surface area contributed by atoms with Gasteiger partial charge in [-0.2, -0.15) is 0 Å². The van der Waals surface area contributed by atoms with Gasteiger partial charge < -0.3 is 15.0 Å². The van der Waals surface area contributed by atoms with E-state index in [1.54, 1.807) is 7.11 Å². The Labute approximate surface area is 144 Å². The maximum atomic E-state index is 12.5. The van der Waals surface area contributed by atoms with E-state index >= 15 is 0 Å². The van der Waals surface area contributed by atoms with Crippen molar-refractivity contribution in [2.24, 2.45) is 5.92 Å². The van der Waals surface area contributed by atoms with Crippen molar-refractivity contribution < 1.29 is 14.3 Å². The second kappa shape index (κ2) is 7.69. The normalized spacial score (nSPS) is 15.0. The average Bonchev–Trinajstić information content (AvgIpc) is 2.53. The zero-order chi connectivity index (χ0) is 17.9. The SMILES string of the molecule is COc1ccc(C)c2c1N(CC(=O)NC(C(C)=O)C(C)C)CCC2. The van der Waals surface area contributed by atoms with E-state index in [-0.39, 0.29) is 24.2 Å². The number of carbonyl (C=O) groups excluding carboxylic acids is 2. The summed E-state index contributed by atoms with van der Waals surface area (Å²) in [7, 11) is 1.66. The van der Waals surface area contributed by atoms with Gasteiger partial charge in [0.2, 0.25) is 5.91 Å². The van der Waals surface area contributed by atoms with Crippen LogP contribution in [0.1, 0.15) is 38.3 Å². The van der Waals surface area contributed by atoms with E-state index in [9.17, 15) is 9.59 Å². The molecule has 5 nitrogen and oxygen atoms in total. The average molecular weight is 332 g/mol. The van der Waals surface area contributed by atoms with Crippen LogP contribution in [0, 0.1) is 12.8 Å². The number of carbonyl (C=O) groups is 2. The lowest BCUT2D eigenvalue weighted by Crippen LogP contribution is -2.48. The molecule has 1 aromatic carbocycles. The predicted octanol–water partition coefficient (Wildman–Crippen LogP) is 2.49. The molecule has 1 aliphatic rings. The summed E-state index contributed by atoms with van der Waals surface area (Å²) < 4.78 is 5.51. The van der Waals surface area contributed by atoms with Gasteiger partial charge in [0.25, 0.3) is 0 Å². The number of aryl methyl sites for hydroxylation is 1. The maximum Gasteiger partial charge on any atom is 0.240 e. The number of nitrogens with one attached hydrogen (secondary N) is 1. The summed E-state index contributed by atoms with van der Waals surface area (Å²) in [6.45, 7) is 8.54. The third kappa shape index (κ3) is 3.89. The summed E-state index contributed by atoms with van der Waals surface area (Å²) in [5.41, 5.74) is 3.49. The first kappa shape index (κ1) is 18.3. The van der Waals surface area contributed by atoms with Crippen LogP contribution in [0.4, 0.5) is 5.69 Å². The van der Waals surface area contributed by atoms with Crippen LogP contribution in [0.3, 0.4) is 0 Å². The second-order valence-corrected chi connectivity index (χ2v) is 6.84. The van der Waals surface area contributed by atoms with Gasteiger partial charge in [-0.25, -0.2) is 0 Å². The first-order valence-corrected chi connectivity index (χ1v) is 8.56. The van der Waals surface area contributed by atoms with Gasteiger partial charge in [0.1, 0.15) is 5.75 Å². The molecular weight excluding hydrogens is 304 g/mol. The maximum absolute atomic E-state index is 12.5. The van der Waals surface area contributed by atoms with E-state index in [0.717, 1.165) is 30.8 Å². The number of hydrogen-bond acceptors (Lipinski definition) is 4. The molecule has 132 valence electrons. The molecule has 0 radical (unpaired) electrons. The van der Waals surface area contributed by atoms with Crippen molar-refractivity contribution in [1.82, 2.24) is 5.32 Å². The lowest BCUT2D eigenvalue weighted by atomic mass is 9.96. The highest BCUT2D eigenvalue weighted by Crippen LogP contribution is 2.37. The Bertz CT molecular complexity index is 625. The van der Waals surface area contributed by atoms with Crippen LogP contribution in [-0.4, -0.2) is 37.9 Å². The van der Waals surface area contributed by atoms with Gasteiger partial charge in [0.05, 0.1) is 25.4 Å². The lowest BCUT2D eigenvalue weighted by molar-refractivity contribution is -0.127. The van der Waals surface area contributed by atoms with Crippen molar-refractivity contribution in [3.05, 3.63) is 23.3 Å². The lowest BCUT2D eigenvalue weighted by Gasteiger charge is -2.33. The van der Waals surface area contributed by atoms with Gasteiger partial charge >= 0.3 is 0 Å². The molecular formula is C19H28N2O3. The Morgan fingerprint density at radius 1 is 1.33 bits per heavy atom. The molecule has 0 saturated carbocycles. The molecule has 0 spiro atoms. The molecule has 0 bridgehead atoms. The summed E-state index contributed by atoms with van der Waals surface area (Å²) in [5.74, 6) is 0.748. The van der Waals surface area contributed by atoms with E-state index in [4.69, 9.17) is 4.74 Å². The number of methoxy groups -OCH3 is 1. The number of nitrogens with zero attached hydrogens (tertiary/aromatic N) is 1. The molecule has 1 heterocycles. The van der Waals surface area contributed by atoms with Gasteiger partial charge in [-0.05, 0) is 49.8 Å². The first-order chi connectivity index (χ1) is 11.3. The molecule has 0 saturated heterocycles. The second-order valence-electron chi connectivity index (χ2n) is 6.84. The molecule has 0 aromatic heterocycles. The largest absolute Gasteiger partial charge is 0.495 e. The van der Waals surface area contributed by atoms with Crippen LogP contribution < -0.4 is 15.0 Å². The summed E-state index contributed by atoms with van der Waals surface area (Å²) in [5, 5.41) is 2.88. The fraction of sp³-hybridized carbons (Fsp3) is 0.579. The molecule has 1 unspecified atom stereocenters. The predicted molar refractivity (Wildman–Crippen MR) is 95.7 cm³/mol. The van der Waals surface area contributed by atoms with Crippen molar-refractivity contribution >= 4 is 17.4 Å². The van der Waals surface area contributed by atoms with E-state index in [1.807, 2.05) is 19.9 Å². The van der Waals surface area contributed by atoms with Crippen LogP contribution in [-0.2, 0) is 16.0 Å². The van der Waals surface area contributed by atoms with E-state index in [1.165, 1.54) is 18.1 Å². The number of fused-ring (bicyclic) bond motifs is 1. The standard InChI is InChI=1S/C19H28N2O3/c1-12(2)18(14(4)22)20-17(23)11-21-10-6-7-15-13(3)8-9-16(24-5)19(15)21/h8-9,12,18H,6-7,10-11H2,1-5H3,(H,20,23). The highest BCUT2D eigenvalue weighted by molar-refractivity contribution is 5.90. The molecule has 1 N–H and O–H groups in total. The van der Waals surface area contributed by atoms with Crippen LogP contribution in [0.5, 0.6) is 5.75 Å². The number of hydrogen-bond donors (Lipinski definition) is 1. The monoisotopic (exact) mass is 332 g/mol. The molecule has 0 aliphatic carbocycles. The topological polar surface area (TPSA) is 58.6 Å². The number of ketones is 1. The number of ether oxygens (including phenoxy) is 1. The quantitative estimate of drug-likeness (QED) is 0.869. The minimum atomic E-state index is -0.429. The molecule has 1 atom stereocenters. The Balaban J connectivity index is 2.19. The zero-order valence-electron chi connectivity index (χ0n) is 15.3. The highest BCUT2D eigenvalue weighted by atomic mass is 16.5. The Morgan fingerprint density at radius 2 is 2.04 bits per heavy atom. The summed E-state index contributed by atoms with van der Waals surface area (Å²) in [6.07, 6.45) is 2.01. The van der Waals surface area contributed by atoms with Crippen molar-refractivity contribution in [3.8, 4) is 5.75 Å². The fourth-order valence-corrected chi connectivity index (χ4v) is 3.39. The minimum Gasteiger partial charge on any atom is -0.495 e. The fourth-order valence-electron chi connectivity index (χ4n) is 3.39. The summed E-state index contributed by atoms with van der Waals surface area (Å²) >= 11 is 0. The van der Waals surface area contributed by atoms with E-state index in [2.05, 4.69) is 23.2 Å². The van der Waals surface area contributed by atoms with Gasteiger partial charge in [-0.1, -0.05) is 19.9 Å². The molecule has 2 rings (SSSR count). The van der Waals surface area contributed by atoms with Gasteiger partial charge in [0, 0.05) is 6.54 Å². The molecule has 1 aliphatic heterocycles. The highest BCUT2D eigenvalue weighted by Gasteiger charge is 2.26. The third-order valence-corrected chi connectivity index (χ3v) is 4.63. The van der Waals surface area contributed by atoms with E-state index in [0.29, 0.717) is 0 Å². The smallest absolute Gasteiger partial charge is 0.240 e. The number of rotatable bonds is 6. The molecule has 0 fully saturated rings. The van der Waals surface area contributed by atoms with Gasteiger partial charge in [0.15, 0.2) is 5.78 Å². The Morgan fingerprint density at radius 3 is 2.62 bits per heavy atom. The summed E-state index contributed by atoms with van der Waals surface area (Å²) in [6, 6.07) is 3.59. The number of Topliss-reactive ketones (excluding diaryl/α,β-unsaturated/α-hetero) is 1. The van der Waals surface area contributed by atoms with E-state index < -0.39 is 6.04 Å². The van der Waals surface area contributed by atoms with Crippen LogP contribution >= 0.6 is 0 Å². The van der Waals surface area contributed by atoms with Crippen molar-refractivity contribution in [3.63, 3.8) is 0 Å². The Hall–Kier alpha value is -2.04. The van der Waals surface area contributed by atoms with Crippen molar-refractivity contribution in [2.75, 3.05) is 25.1 Å². The van der Waals surface area contributed by atoms with Crippen molar-refractivity contribution in [2.45, 2.75) is 46.6 Å². The minimum absolute atomic E-state index is 0.00850. The molecule has 24 heavy (non-hydrogen) atoms. The van der Waals surface area contributed by atoms with Gasteiger partial charge in [-0.15, -0.1) is 0 Å². The third-order valence-electron chi connectivity index (χ3n) is 4.63.